The van der Waals surface area contributed by atoms with Crippen molar-refractivity contribution in [2.75, 3.05) is 0 Å². The summed E-state index contributed by atoms with van der Waals surface area (Å²) in [6.45, 7) is 7.39. The molecule has 0 aliphatic heterocycles. The van der Waals surface area contributed by atoms with Crippen molar-refractivity contribution in [3.63, 3.8) is 0 Å². The Hall–Kier alpha value is -1.05. The van der Waals surface area contributed by atoms with Gasteiger partial charge < -0.3 is 5.11 Å². The highest BCUT2D eigenvalue weighted by molar-refractivity contribution is 5.66. The van der Waals surface area contributed by atoms with Crippen LogP contribution >= 0.6 is 0 Å². The predicted molar refractivity (Wildman–Crippen MR) is 106 cm³/mol. The van der Waals surface area contributed by atoms with Gasteiger partial charge in [-0.05, 0) is 86.4 Å². The first-order valence-electron chi connectivity index (χ1n) is 11.0. The lowest BCUT2D eigenvalue weighted by Crippen LogP contribution is -2.49. The number of carbonyl (C=O) groups is 1. The van der Waals surface area contributed by atoms with E-state index < -0.39 is 5.97 Å². The fourth-order valence-electron chi connectivity index (χ4n) is 7.87. The highest BCUT2D eigenvalue weighted by Crippen LogP contribution is 2.67. The Morgan fingerprint density at radius 1 is 1.23 bits per heavy atom. The van der Waals surface area contributed by atoms with Gasteiger partial charge in [-0.3, -0.25) is 4.79 Å². The van der Waals surface area contributed by atoms with Gasteiger partial charge in [0.2, 0.25) is 0 Å². The summed E-state index contributed by atoms with van der Waals surface area (Å²) in [5.41, 5.74) is 2.47. The van der Waals surface area contributed by atoms with Gasteiger partial charge in [-0.15, -0.1) is 0 Å². The lowest BCUT2D eigenvalue weighted by atomic mass is 9.47. The average Bonchev–Trinajstić information content (AvgIpc) is 2.96. The molecule has 0 heterocycles. The summed E-state index contributed by atoms with van der Waals surface area (Å²) in [7, 11) is 0. The quantitative estimate of drug-likeness (QED) is 0.606. The molecule has 7 atom stereocenters. The van der Waals surface area contributed by atoms with Gasteiger partial charge in [0.05, 0.1) is 0 Å². The van der Waals surface area contributed by atoms with Crippen molar-refractivity contribution in [3.05, 3.63) is 23.8 Å². The Kier molecular flexibility index (Phi) is 4.60. The standard InChI is InChI=1S/C24H36O2/c1-16(7-12-22(25)26)19-10-11-20-18-9-8-17-6-4-5-14-23(17,2)21(18)13-15-24(19,20)3/h5-6,14,16,18-21H,4,7-13,15H2,1-3H3,(H,25,26)/t16-,18+,19-,20+,21+,23+,24-/m1/s1. The maximum absolute atomic E-state index is 11.0. The van der Waals surface area contributed by atoms with Crippen molar-refractivity contribution in [1.29, 1.82) is 0 Å². The van der Waals surface area contributed by atoms with Crippen LogP contribution in [0.2, 0.25) is 0 Å². The van der Waals surface area contributed by atoms with Gasteiger partial charge in [0, 0.05) is 11.8 Å². The summed E-state index contributed by atoms with van der Waals surface area (Å²) in [6.07, 6.45) is 17.8. The van der Waals surface area contributed by atoms with E-state index in [2.05, 4.69) is 39.0 Å². The summed E-state index contributed by atoms with van der Waals surface area (Å²) in [4.78, 5) is 11.0. The molecule has 0 aromatic heterocycles. The van der Waals surface area contributed by atoms with Crippen LogP contribution in [0.25, 0.3) is 0 Å². The van der Waals surface area contributed by atoms with Gasteiger partial charge in [-0.2, -0.15) is 0 Å². The summed E-state index contributed by atoms with van der Waals surface area (Å²) >= 11 is 0. The number of allylic oxidation sites excluding steroid dienone is 4. The average molecular weight is 357 g/mol. The molecule has 0 spiro atoms. The summed E-state index contributed by atoms with van der Waals surface area (Å²) < 4.78 is 0. The number of fused-ring (bicyclic) bond motifs is 5. The minimum atomic E-state index is -0.635. The molecular formula is C24H36O2. The fourth-order valence-corrected chi connectivity index (χ4v) is 7.87. The largest absolute Gasteiger partial charge is 0.481 e. The van der Waals surface area contributed by atoms with Gasteiger partial charge in [0.1, 0.15) is 0 Å². The molecule has 0 amide bonds. The minimum absolute atomic E-state index is 0.315. The van der Waals surface area contributed by atoms with Crippen molar-refractivity contribution < 1.29 is 9.90 Å². The first-order valence-corrected chi connectivity index (χ1v) is 11.0. The maximum Gasteiger partial charge on any atom is 0.303 e. The van der Waals surface area contributed by atoms with E-state index in [9.17, 15) is 4.79 Å². The van der Waals surface area contributed by atoms with Crippen LogP contribution in [0.4, 0.5) is 0 Å². The van der Waals surface area contributed by atoms with Gasteiger partial charge in [0.25, 0.3) is 0 Å². The number of carboxylic acids is 1. The topological polar surface area (TPSA) is 37.3 Å². The summed E-state index contributed by atoms with van der Waals surface area (Å²) in [6, 6.07) is 0. The summed E-state index contributed by atoms with van der Waals surface area (Å²) in [5.74, 6) is 3.18. The van der Waals surface area contributed by atoms with E-state index in [1.54, 1.807) is 5.57 Å². The molecule has 1 N–H and O–H groups in total. The Morgan fingerprint density at radius 2 is 2.04 bits per heavy atom. The molecule has 0 aromatic rings. The monoisotopic (exact) mass is 356 g/mol. The second-order valence-electron chi connectivity index (χ2n) is 10.2. The lowest BCUT2D eigenvalue weighted by Gasteiger charge is -2.57. The third kappa shape index (κ3) is 2.70. The molecule has 0 saturated heterocycles. The zero-order valence-electron chi connectivity index (χ0n) is 16.8. The van der Waals surface area contributed by atoms with Crippen LogP contribution in [0.3, 0.4) is 0 Å². The van der Waals surface area contributed by atoms with Gasteiger partial charge in [-0.1, -0.05) is 44.6 Å². The highest BCUT2D eigenvalue weighted by atomic mass is 16.4. The van der Waals surface area contributed by atoms with Crippen LogP contribution in [0.5, 0.6) is 0 Å². The van der Waals surface area contributed by atoms with Gasteiger partial charge >= 0.3 is 5.97 Å². The zero-order chi connectivity index (χ0) is 18.5. The zero-order valence-corrected chi connectivity index (χ0v) is 16.8. The van der Waals surface area contributed by atoms with Crippen molar-refractivity contribution >= 4 is 5.97 Å². The Bertz CT molecular complexity index is 632. The van der Waals surface area contributed by atoms with Crippen molar-refractivity contribution in [1.82, 2.24) is 0 Å². The van der Waals surface area contributed by atoms with Crippen LogP contribution in [0, 0.1) is 40.4 Å². The van der Waals surface area contributed by atoms with E-state index in [1.807, 2.05) is 0 Å². The van der Waals surface area contributed by atoms with E-state index in [0.717, 1.165) is 36.5 Å². The van der Waals surface area contributed by atoms with Crippen molar-refractivity contribution in [2.24, 2.45) is 40.4 Å². The van der Waals surface area contributed by atoms with Crippen molar-refractivity contribution in [3.8, 4) is 0 Å². The van der Waals surface area contributed by atoms with E-state index in [4.69, 9.17) is 5.11 Å². The fraction of sp³-hybridized carbons (Fsp3) is 0.792. The highest BCUT2D eigenvalue weighted by Gasteiger charge is 2.58. The molecule has 4 aliphatic carbocycles. The van der Waals surface area contributed by atoms with Gasteiger partial charge in [-0.25, -0.2) is 0 Å². The molecule has 3 fully saturated rings. The van der Waals surface area contributed by atoms with Crippen LogP contribution in [0.1, 0.15) is 78.6 Å². The number of rotatable bonds is 4. The maximum atomic E-state index is 11.0. The molecule has 2 nitrogen and oxygen atoms in total. The molecule has 3 saturated carbocycles. The molecule has 4 rings (SSSR count). The molecule has 0 bridgehead atoms. The smallest absolute Gasteiger partial charge is 0.303 e. The first kappa shape index (κ1) is 18.3. The Balaban J connectivity index is 1.55. The lowest BCUT2D eigenvalue weighted by molar-refractivity contribution is -0.137. The number of aliphatic carboxylic acids is 1. The third-order valence-electron chi connectivity index (χ3n) is 9.18. The molecule has 4 aliphatic rings. The van der Waals surface area contributed by atoms with Crippen molar-refractivity contribution in [2.45, 2.75) is 78.6 Å². The second-order valence-corrected chi connectivity index (χ2v) is 10.2. The number of hydrogen-bond acceptors (Lipinski definition) is 1. The predicted octanol–water partition coefficient (Wildman–Crippen LogP) is 6.23. The van der Waals surface area contributed by atoms with E-state index in [1.165, 1.54) is 38.5 Å². The van der Waals surface area contributed by atoms with Crippen LogP contribution in [-0.2, 0) is 4.79 Å². The summed E-state index contributed by atoms with van der Waals surface area (Å²) in [5, 5.41) is 9.08. The molecule has 0 unspecified atom stereocenters. The molecule has 0 aromatic carbocycles. The SMILES string of the molecule is C[C@H](CCC(=O)O)[C@H]1CC[C@H]2[C@@H]3CCC4=CCC=C[C@]4(C)[C@H]3CC[C@]12C. The van der Waals surface area contributed by atoms with E-state index in [0.29, 0.717) is 23.2 Å². The number of hydrogen-bond donors (Lipinski definition) is 1. The Morgan fingerprint density at radius 3 is 2.81 bits per heavy atom. The first-order chi connectivity index (χ1) is 12.4. The van der Waals surface area contributed by atoms with Crippen LogP contribution in [0.15, 0.2) is 23.8 Å². The van der Waals surface area contributed by atoms with Crippen LogP contribution < -0.4 is 0 Å². The second kappa shape index (κ2) is 6.53. The molecular weight excluding hydrogens is 320 g/mol. The molecule has 0 radical (unpaired) electrons. The minimum Gasteiger partial charge on any atom is -0.481 e. The molecule has 26 heavy (non-hydrogen) atoms. The van der Waals surface area contributed by atoms with Crippen LogP contribution in [-0.4, -0.2) is 11.1 Å². The molecule has 144 valence electrons. The third-order valence-corrected chi connectivity index (χ3v) is 9.18. The van der Waals surface area contributed by atoms with Gasteiger partial charge in [0.15, 0.2) is 0 Å². The normalized spacial score (nSPS) is 45.3. The van der Waals surface area contributed by atoms with E-state index in [-0.39, 0.29) is 0 Å². The Labute approximate surface area is 159 Å². The number of carboxylic acid groups (broad SMARTS) is 1. The molecule has 2 heteroatoms. The van der Waals surface area contributed by atoms with E-state index >= 15 is 0 Å².